The topological polar surface area (TPSA) is 50.8 Å². The average molecular weight is 339 g/mol. The van der Waals surface area contributed by atoms with Gasteiger partial charge in [0, 0.05) is 11.6 Å². The van der Waals surface area contributed by atoms with E-state index in [9.17, 15) is 4.79 Å². The summed E-state index contributed by atoms with van der Waals surface area (Å²) < 4.78 is 11.3. The molecule has 1 amide bonds. The van der Waals surface area contributed by atoms with E-state index in [-0.39, 0.29) is 18.2 Å². The van der Waals surface area contributed by atoms with Crippen LogP contribution in [0.3, 0.4) is 0 Å². The van der Waals surface area contributed by atoms with Gasteiger partial charge >= 0.3 is 0 Å². The highest BCUT2D eigenvalue weighted by atomic mass is 35.5. The zero-order chi connectivity index (χ0) is 16.1. The number of nitrogens with zero attached hydrogens (tertiary/aromatic N) is 1. The van der Waals surface area contributed by atoms with Gasteiger partial charge in [-0.2, -0.15) is 0 Å². The molecule has 1 N–H and O–H groups in total. The number of nitrogens with one attached hydrogen (secondary N) is 1. The van der Waals surface area contributed by atoms with Crippen molar-refractivity contribution in [1.82, 2.24) is 10.2 Å². The van der Waals surface area contributed by atoms with Crippen LogP contribution in [-0.2, 0) is 20.8 Å². The van der Waals surface area contributed by atoms with E-state index in [4.69, 9.17) is 21.1 Å². The first-order chi connectivity index (χ1) is 11.2. The van der Waals surface area contributed by atoms with E-state index in [1.165, 1.54) is 0 Å². The zero-order valence-electron chi connectivity index (χ0n) is 13.2. The molecular weight excluding hydrogens is 316 g/mol. The molecule has 1 unspecified atom stereocenters. The molecule has 126 valence electrons. The van der Waals surface area contributed by atoms with Crippen molar-refractivity contribution in [2.45, 2.75) is 38.1 Å². The van der Waals surface area contributed by atoms with Crippen molar-refractivity contribution >= 4 is 17.5 Å². The molecule has 6 heteroatoms. The molecule has 0 saturated carbocycles. The van der Waals surface area contributed by atoms with Gasteiger partial charge in [-0.25, -0.2) is 0 Å². The lowest BCUT2D eigenvalue weighted by Gasteiger charge is -2.37. The van der Waals surface area contributed by atoms with E-state index in [2.05, 4.69) is 10.2 Å². The van der Waals surface area contributed by atoms with E-state index < -0.39 is 0 Å². The predicted molar refractivity (Wildman–Crippen MR) is 88.2 cm³/mol. The van der Waals surface area contributed by atoms with Crippen molar-refractivity contribution in [3.05, 3.63) is 34.9 Å². The average Bonchev–Trinajstić information content (AvgIpc) is 3.09. The van der Waals surface area contributed by atoms with E-state index >= 15 is 0 Å². The molecule has 2 heterocycles. The van der Waals surface area contributed by atoms with Crippen molar-refractivity contribution < 1.29 is 14.3 Å². The summed E-state index contributed by atoms with van der Waals surface area (Å²) in [6, 6.07) is 7.70. The molecule has 2 aliphatic rings. The fourth-order valence-corrected chi connectivity index (χ4v) is 3.29. The lowest BCUT2D eigenvalue weighted by molar-refractivity contribution is -0.131. The second-order valence-electron chi connectivity index (χ2n) is 6.05. The van der Waals surface area contributed by atoms with Crippen molar-refractivity contribution in [1.29, 1.82) is 0 Å². The molecule has 2 aliphatic heterocycles. The van der Waals surface area contributed by atoms with Crippen LogP contribution in [-0.4, -0.2) is 49.4 Å². The molecular formula is C17H23ClN2O3. The Balaban J connectivity index is 1.50. The van der Waals surface area contributed by atoms with Gasteiger partial charge < -0.3 is 14.8 Å². The number of hydrogen-bond donors (Lipinski definition) is 1. The fraction of sp³-hybridized carbons (Fsp3) is 0.588. The Bertz CT molecular complexity index is 517. The monoisotopic (exact) mass is 338 g/mol. The van der Waals surface area contributed by atoms with Crippen molar-refractivity contribution in [3.8, 4) is 0 Å². The number of piperidine rings is 1. The van der Waals surface area contributed by atoms with Gasteiger partial charge in [-0.15, -0.1) is 0 Å². The lowest BCUT2D eigenvalue weighted by Crippen LogP contribution is -2.50. The molecule has 23 heavy (non-hydrogen) atoms. The minimum absolute atomic E-state index is 0.0323. The van der Waals surface area contributed by atoms with Gasteiger partial charge in [-0.05, 0) is 37.1 Å². The van der Waals surface area contributed by atoms with Gasteiger partial charge in [0.05, 0.1) is 25.8 Å². The summed E-state index contributed by atoms with van der Waals surface area (Å²) in [6.07, 6.45) is 3.12. The van der Waals surface area contributed by atoms with Crippen molar-refractivity contribution in [2.75, 3.05) is 26.3 Å². The van der Waals surface area contributed by atoms with Crippen molar-refractivity contribution in [3.63, 3.8) is 0 Å². The summed E-state index contributed by atoms with van der Waals surface area (Å²) in [5.74, 6) is 0.0323. The largest absolute Gasteiger partial charge is 0.351 e. The number of carbonyl (C=O) groups is 1. The molecule has 0 aliphatic carbocycles. The smallest absolute Gasteiger partial charge is 0.234 e. The Hall–Kier alpha value is -1.14. The number of hydrogen-bond acceptors (Lipinski definition) is 4. The van der Waals surface area contributed by atoms with Gasteiger partial charge in [0.15, 0.2) is 6.29 Å². The Kier molecular flexibility index (Phi) is 5.89. The van der Waals surface area contributed by atoms with Crippen molar-refractivity contribution in [2.24, 2.45) is 0 Å². The third-order valence-corrected chi connectivity index (χ3v) is 4.63. The molecule has 2 fully saturated rings. The van der Waals surface area contributed by atoms with Crippen LogP contribution in [0.5, 0.6) is 0 Å². The first kappa shape index (κ1) is 16.7. The molecule has 2 saturated heterocycles. The van der Waals surface area contributed by atoms with Crippen LogP contribution >= 0.6 is 11.6 Å². The first-order valence-corrected chi connectivity index (χ1v) is 8.58. The van der Waals surface area contributed by atoms with E-state index in [0.29, 0.717) is 31.3 Å². The highest BCUT2D eigenvalue weighted by molar-refractivity contribution is 6.30. The fourth-order valence-electron chi connectivity index (χ4n) is 3.16. The number of ether oxygens (including phenoxy) is 2. The minimum atomic E-state index is -0.181. The van der Waals surface area contributed by atoms with Crippen LogP contribution in [0.4, 0.5) is 0 Å². The van der Waals surface area contributed by atoms with Crippen LogP contribution in [0.15, 0.2) is 24.3 Å². The van der Waals surface area contributed by atoms with E-state index in [1.54, 1.807) is 0 Å². The van der Waals surface area contributed by atoms with Gasteiger partial charge in [0.1, 0.15) is 0 Å². The van der Waals surface area contributed by atoms with Crippen LogP contribution in [0.2, 0.25) is 5.02 Å². The highest BCUT2D eigenvalue weighted by Crippen LogP contribution is 2.24. The quantitative estimate of drug-likeness (QED) is 0.894. The molecule has 0 spiro atoms. The number of amides is 1. The molecule has 1 atom stereocenters. The normalized spacial score (nSPS) is 23.1. The molecule has 0 bridgehead atoms. The SMILES string of the molecule is O=C(CN1CCCCC1C1OCCO1)NCc1ccc(Cl)cc1. The maximum absolute atomic E-state index is 12.3. The summed E-state index contributed by atoms with van der Waals surface area (Å²) in [6.45, 7) is 3.13. The maximum Gasteiger partial charge on any atom is 0.234 e. The third kappa shape index (κ3) is 4.67. The number of benzene rings is 1. The van der Waals surface area contributed by atoms with Crippen LogP contribution in [0.1, 0.15) is 24.8 Å². The Morgan fingerprint density at radius 3 is 2.70 bits per heavy atom. The summed E-state index contributed by atoms with van der Waals surface area (Å²) in [4.78, 5) is 14.4. The summed E-state index contributed by atoms with van der Waals surface area (Å²) in [5.41, 5.74) is 1.04. The number of rotatable bonds is 5. The van der Waals surface area contributed by atoms with Crippen LogP contribution < -0.4 is 5.32 Å². The van der Waals surface area contributed by atoms with E-state index in [0.717, 1.165) is 31.4 Å². The van der Waals surface area contributed by atoms with E-state index in [1.807, 2.05) is 24.3 Å². The van der Waals surface area contributed by atoms with Crippen LogP contribution in [0.25, 0.3) is 0 Å². The molecule has 5 nitrogen and oxygen atoms in total. The van der Waals surface area contributed by atoms with Gasteiger partial charge in [0.2, 0.25) is 5.91 Å². The Morgan fingerprint density at radius 1 is 1.22 bits per heavy atom. The summed E-state index contributed by atoms with van der Waals surface area (Å²) >= 11 is 5.86. The second-order valence-corrected chi connectivity index (χ2v) is 6.48. The minimum Gasteiger partial charge on any atom is -0.351 e. The number of carbonyl (C=O) groups excluding carboxylic acids is 1. The lowest BCUT2D eigenvalue weighted by atomic mass is 10.0. The predicted octanol–water partition coefficient (Wildman–Crippen LogP) is 2.18. The second kappa shape index (κ2) is 8.11. The molecule has 0 radical (unpaired) electrons. The van der Waals surface area contributed by atoms with Crippen LogP contribution in [0, 0.1) is 0 Å². The van der Waals surface area contributed by atoms with Gasteiger partial charge in [-0.3, -0.25) is 9.69 Å². The molecule has 0 aromatic heterocycles. The summed E-state index contributed by atoms with van der Waals surface area (Å²) in [5, 5.41) is 3.67. The maximum atomic E-state index is 12.3. The molecule has 3 rings (SSSR count). The zero-order valence-corrected chi connectivity index (χ0v) is 13.9. The number of likely N-dealkylation sites (tertiary alicyclic amines) is 1. The number of halogens is 1. The summed E-state index contributed by atoms with van der Waals surface area (Å²) in [7, 11) is 0. The molecule has 1 aromatic carbocycles. The standard InChI is InChI=1S/C17H23ClN2O3/c18-14-6-4-13(5-7-14)11-19-16(21)12-20-8-2-1-3-15(20)17-22-9-10-23-17/h4-7,15,17H,1-3,8-12H2,(H,19,21). The Labute approximate surface area is 141 Å². The highest BCUT2D eigenvalue weighted by Gasteiger charge is 2.34. The van der Waals surface area contributed by atoms with Gasteiger partial charge in [-0.1, -0.05) is 30.2 Å². The van der Waals surface area contributed by atoms with Gasteiger partial charge in [0.25, 0.3) is 0 Å². The third-order valence-electron chi connectivity index (χ3n) is 4.38. The first-order valence-electron chi connectivity index (χ1n) is 8.21. The Morgan fingerprint density at radius 2 is 1.96 bits per heavy atom. The molecule has 1 aromatic rings.